The molecule has 9 heteroatoms. The first-order valence-corrected chi connectivity index (χ1v) is 10.3. The smallest absolute Gasteiger partial charge is 0.305 e. The van der Waals surface area contributed by atoms with E-state index in [1.165, 1.54) is 0 Å². The topological polar surface area (TPSA) is 82.3 Å². The SMILES string of the molecule is Cc1sc(=O)[nH]c1C(=O)N1CCC(C(C)CNC(=O)c2cc(F)ccc2F)CC1. The van der Waals surface area contributed by atoms with Crippen LogP contribution in [0.5, 0.6) is 0 Å². The summed E-state index contributed by atoms with van der Waals surface area (Å²) in [4.78, 5) is 40.9. The lowest BCUT2D eigenvalue weighted by Gasteiger charge is -2.34. The van der Waals surface area contributed by atoms with Gasteiger partial charge in [-0.05, 0) is 49.8 Å². The molecule has 29 heavy (non-hydrogen) atoms. The highest BCUT2D eigenvalue weighted by molar-refractivity contribution is 7.09. The van der Waals surface area contributed by atoms with Gasteiger partial charge in [0.25, 0.3) is 11.8 Å². The van der Waals surface area contributed by atoms with Crippen molar-refractivity contribution in [2.75, 3.05) is 19.6 Å². The third kappa shape index (κ3) is 4.90. The van der Waals surface area contributed by atoms with Gasteiger partial charge in [-0.25, -0.2) is 8.78 Å². The van der Waals surface area contributed by atoms with Crippen molar-refractivity contribution < 1.29 is 18.4 Å². The minimum absolute atomic E-state index is 0.121. The number of halogens is 2. The van der Waals surface area contributed by atoms with Crippen LogP contribution in [0.1, 0.15) is 45.5 Å². The van der Waals surface area contributed by atoms with Gasteiger partial charge in [0, 0.05) is 24.5 Å². The number of hydrogen-bond acceptors (Lipinski definition) is 4. The fourth-order valence-electron chi connectivity index (χ4n) is 3.63. The molecular formula is C20H23F2N3O3S. The number of nitrogens with one attached hydrogen (secondary N) is 2. The lowest BCUT2D eigenvalue weighted by molar-refractivity contribution is 0.0656. The predicted octanol–water partition coefficient (Wildman–Crippen LogP) is 2.94. The van der Waals surface area contributed by atoms with Gasteiger partial charge in [0.2, 0.25) is 0 Å². The van der Waals surface area contributed by atoms with Crippen LogP contribution in [0.2, 0.25) is 0 Å². The molecule has 156 valence electrons. The molecule has 3 rings (SSSR count). The molecule has 0 aliphatic carbocycles. The predicted molar refractivity (Wildman–Crippen MR) is 106 cm³/mol. The molecule has 1 aromatic carbocycles. The molecule has 1 aromatic heterocycles. The monoisotopic (exact) mass is 423 g/mol. The summed E-state index contributed by atoms with van der Waals surface area (Å²) < 4.78 is 27.0. The molecule has 0 radical (unpaired) electrons. The van der Waals surface area contributed by atoms with E-state index in [9.17, 15) is 23.2 Å². The molecule has 2 aromatic rings. The molecule has 1 aliphatic heterocycles. The molecule has 1 atom stereocenters. The molecule has 1 saturated heterocycles. The van der Waals surface area contributed by atoms with E-state index in [-0.39, 0.29) is 22.3 Å². The normalized spacial score (nSPS) is 15.9. The zero-order chi connectivity index (χ0) is 21.1. The summed E-state index contributed by atoms with van der Waals surface area (Å²) >= 11 is 1.03. The minimum atomic E-state index is -0.759. The lowest BCUT2D eigenvalue weighted by Crippen LogP contribution is -2.42. The number of H-pyrrole nitrogens is 1. The summed E-state index contributed by atoms with van der Waals surface area (Å²) in [6.07, 6.45) is 1.54. The Bertz CT molecular complexity index is 964. The number of likely N-dealkylation sites (tertiary alicyclic amines) is 1. The van der Waals surface area contributed by atoms with Crippen molar-refractivity contribution in [1.82, 2.24) is 15.2 Å². The maximum atomic E-state index is 13.7. The molecule has 0 spiro atoms. The van der Waals surface area contributed by atoms with Gasteiger partial charge in [-0.15, -0.1) is 0 Å². The van der Waals surface area contributed by atoms with E-state index in [1.54, 1.807) is 11.8 Å². The van der Waals surface area contributed by atoms with Crippen LogP contribution in [0.4, 0.5) is 8.78 Å². The van der Waals surface area contributed by atoms with E-state index in [2.05, 4.69) is 10.3 Å². The number of aromatic amines is 1. The fourth-order valence-corrected chi connectivity index (χ4v) is 4.30. The third-order valence-electron chi connectivity index (χ3n) is 5.43. The highest BCUT2D eigenvalue weighted by Gasteiger charge is 2.28. The molecule has 6 nitrogen and oxygen atoms in total. The fraction of sp³-hybridized carbons (Fsp3) is 0.450. The van der Waals surface area contributed by atoms with Crippen LogP contribution in [-0.2, 0) is 0 Å². The zero-order valence-corrected chi connectivity index (χ0v) is 17.1. The number of nitrogens with zero attached hydrogens (tertiary/aromatic N) is 1. The molecule has 2 N–H and O–H groups in total. The van der Waals surface area contributed by atoms with Crippen molar-refractivity contribution in [2.45, 2.75) is 26.7 Å². The number of aromatic nitrogens is 1. The van der Waals surface area contributed by atoms with Crippen molar-refractivity contribution in [3.05, 3.63) is 55.6 Å². The van der Waals surface area contributed by atoms with Crippen LogP contribution in [0, 0.1) is 30.4 Å². The first-order chi connectivity index (χ1) is 13.8. The first-order valence-electron chi connectivity index (χ1n) is 9.48. The van der Waals surface area contributed by atoms with Crippen LogP contribution in [-0.4, -0.2) is 41.3 Å². The van der Waals surface area contributed by atoms with Crippen LogP contribution < -0.4 is 10.2 Å². The summed E-state index contributed by atoms with van der Waals surface area (Å²) in [7, 11) is 0. The molecule has 1 unspecified atom stereocenters. The zero-order valence-electron chi connectivity index (χ0n) is 16.3. The second-order valence-corrected chi connectivity index (χ2v) is 8.57. The number of piperidine rings is 1. The third-order valence-corrected chi connectivity index (χ3v) is 6.23. The number of amides is 2. The van der Waals surface area contributed by atoms with E-state index in [0.717, 1.165) is 42.4 Å². The van der Waals surface area contributed by atoms with E-state index in [4.69, 9.17) is 0 Å². The Balaban J connectivity index is 1.51. The van der Waals surface area contributed by atoms with E-state index in [1.807, 2.05) is 6.92 Å². The van der Waals surface area contributed by atoms with Crippen LogP contribution in [0.3, 0.4) is 0 Å². The average molecular weight is 423 g/mol. The highest BCUT2D eigenvalue weighted by atomic mass is 32.1. The number of aryl methyl sites for hydroxylation is 1. The Morgan fingerprint density at radius 3 is 2.62 bits per heavy atom. The van der Waals surface area contributed by atoms with Gasteiger partial charge >= 0.3 is 4.87 Å². The summed E-state index contributed by atoms with van der Waals surface area (Å²) in [5, 5.41) is 2.67. The summed E-state index contributed by atoms with van der Waals surface area (Å²) in [6.45, 7) is 5.21. The van der Waals surface area contributed by atoms with Crippen molar-refractivity contribution in [3.63, 3.8) is 0 Å². The van der Waals surface area contributed by atoms with E-state index in [0.29, 0.717) is 36.1 Å². The Morgan fingerprint density at radius 2 is 2.00 bits per heavy atom. The summed E-state index contributed by atoms with van der Waals surface area (Å²) in [6, 6.07) is 2.79. The number of carbonyl (C=O) groups excluding carboxylic acids is 2. The van der Waals surface area contributed by atoms with Crippen molar-refractivity contribution in [2.24, 2.45) is 11.8 Å². The number of hydrogen-bond donors (Lipinski definition) is 2. The Morgan fingerprint density at radius 1 is 1.31 bits per heavy atom. The van der Waals surface area contributed by atoms with Gasteiger partial charge in [-0.2, -0.15) is 0 Å². The number of thiazole rings is 1. The van der Waals surface area contributed by atoms with E-state index < -0.39 is 17.5 Å². The Hall–Kier alpha value is -2.55. The van der Waals surface area contributed by atoms with Crippen LogP contribution >= 0.6 is 11.3 Å². The standard InChI is InChI=1S/C20H23F2N3O3S/c1-11(10-23-18(26)15-9-14(21)3-4-16(15)22)13-5-7-25(8-6-13)19(27)17-12(2)29-20(28)24-17/h3-4,9,11,13H,5-8,10H2,1-2H3,(H,23,26)(H,24,28). The van der Waals surface area contributed by atoms with Crippen molar-refractivity contribution in [3.8, 4) is 0 Å². The highest BCUT2D eigenvalue weighted by Crippen LogP contribution is 2.26. The minimum Gasteiger partial charge on any atom is -0.352 e. The van der Waals surface area contributed by atoms with Gasteiger partial charge in [0.05, 0.1) is 5.56 Å². The molecule has 2 heterocycles. The Labute approximate surface area is 170 Å². The molecule has 1 aliphatic rings. The molecular weight excluding hydrogens is 400 g/mol. The van der Waals surface area contributed by atoms with Crippen molar-refractivity contribution >= 4 is 23.2 Å². The largest absolute Gasteiger partial charge is 0.352 e. The molecule has 1 fully saturated rings. The summed E-state index contributed by atoms with van der Waals surface area (Å²) in [5.74, 6) is -1.82. The summed E-state index contributed by atoms with van der Waals surface area (Å²) in [5.41, 5.74) is 0.0497. The van der Waals surface area contributed by atoms with Gasteiger partial charge in [-0.3, -0.25) is 14.4 Å². The number of rotatable bonds is 5. The maximum Gasteiger partial charge on any atom is 0.305 e. The van der Waals surface area contributed by atoms with Gasteiger partial charge in [-0.1, -0.05) is 18.3 Å². The number of benzene rings is 1. The van der Waals surface area contributed by atoms with E-state index >= 15 is 0 Å². The van der Waals surface area contributed by atoms with Gasteiger partial charge in [0.1, 0.15) is 17.3 Å². The number of carbonyl (C=O) groups is 2. The lowest BCUT2D eigenvalue weighted by atomic mass is 9.85. The van der Waals surface area contributed by atoms with Crippen LogP contribution in [0.25, 0.3) is 0 Å². The maximum absolute atomic E-state index is 13.7. The molecule has 2 amide bonds. The van der Waals surface area contributed by atoms with Crippen molar-refractivity contribution in [1.29, 1.82) is 0 Å². The molecule has 0 saturated carbocycles. The van der Waals surface area contributed by atoms with Crippen LogP contribution in [0.15, 0.2) is 23.0 Å². The quantitative estimate of drug-likeness (QED) is 0.776. The first kappa shape index (κ1) is 21.2. The van der Waals surface area contributed by atoms with Gasteiger partial charge < -0.3 is 15.2 Å². The molecule has 0 bridgehead atoms. The van der Waals surface area contributed by atoms with Gasteiger partial charge in [0.15, 0.2) is 0 Å². The average Bonchev–Trinajstić information content (AvgIpc) is 3.05. The Kier molecular flexibility index (Phi) is 6.46. The second kappa shape index (κ2) is 8.86. The second-order valence-electron chi connectivity index (χ2n) is 7.39.